The van der Waals surface area contributed by atoms with Gasteiger partial charge in [0.05, 0.1) is 33.8 Å². The molecule has 184 valence electrons. The minimum atomic E-state index is -0.697. The van der Waals surface area contributed by atoms with E-state index < -0.39 is 30.3 Å². The molecule has 2 aliphatic rings. The molecule has 1 aliphatic carbocycles. The number of amides is 3. The van der Waals surface area contributed by atoms with Crippen LogP contribution in [-0.4, -0.2) is 41.1 Å². The van der Waals surface area contributed by atoms with Crippen molar-refractivity contribution in [2.24, 2.45) is 11.8 Å². The fraction of sp³-hybridized carbons (Fsp3) is 0.360. The maximum Gasteiger partial charge on any atom is 0.338 e. The number of nitrogens with zero attached hydrogens (tertiary/aromatic N) is 1. The molecule has 2 aromatic rings. The van der Waals surface area contributed by atoms with Gasteiger partial charge in [-0.3, -0.25) is 19.3 Å². The van der Waals surface area contributed by atoms with E-state index in [1.807, 2.05) is 26.0 Å². The minimum absolute atomic E-state index is 0.190. The number of hydrogen-bond acceptors (Lipinski definition) is 5. The summed E-state index contributed by atoms with van der Waals surface area (Å²) in [5, 5.41) is 1.99. The van der Waals surface area contributed by atoms with E-state index in [0.29, 0.717) is 24.2 Å². The highest BCUT2D eigenvalue weighted by atomic mass is 79.9. The first-order chi connectivity index (χ1) is 16.6. The van der Waals surface area contributed by atoms with Crippen molar-refractivity contribution in [3.05, 3.63) is 57.6 Å². The Bertz CT molecular complexity index is 1150. The zero-order valence-corrected chi connectivity index (χ0v) is 22.1. The molecule has 2 fully saturated rings. The monoisotopic (exact) mass is 580 g/mol. The number of fused-ring (bicyclic) bond motifs is 1. The first-order valence-corrected chi connectivity index (χ1v) is 12.7. The van der Waals surface area contributed by atoms with Crippen molar-refractivity contribution in [2.45, 2.75) is 37.4 Å². The second kappa shape index (κ2) is 10.3. The van der Waals surface area contributed by atoms with Crippen LogP contribution in [0.2, 0.25) is 0 Å². The van der Waals surface area contributed by atoms with Crippen LogP contribution in [0.1, 0.15) is 34.3 Å². The average molecular weight is 582 g/mol. The summed E-state index contributed by atoms with van der Waals surface area (Å²) in [5.74, 6) is -2.75. The van der Waals surface area contributed by atoms with E-state index in [2.05, 4.69) is 21.2 Å². The third-order valence-corrected chi connectivity index (χ3v) is 8.67. The number of aryl methyl sites for hydroxylation is 2. The van der Waals surface area contributed by atoms with Gasteiger partial charge in [0.1, 0.15) is 0 Å². The predicted molar refractivity (Wildman–Crippen MR) is 137 cm³/mol. The number of anilines is 2. The molecule has 2 aromatic carbocycles. The summed E-state index contributed by atoms with van der Waals surface area (Å²) in [6.45, 7) is 3.37. The van der Waals surface area contributed by atoms with Crippen LogP contribution in [0.15, 0.2) is 40.9 Å². The first-order valence-electron chi connectivity index (χ1n) is 11.1. The SMILES string of the molecule is Cc1cc(NC(=O)COC(=O)c2ccc(N3C(=O)[C@@H]4C[C@H](Cl)[C@@H](Cl)C[C@H]4C3=O)cc2)cc(C)c1Br. The molecule has 4 rings (SSSR count). The lowest BCUT2D eigenvalue weighted by atomic mass is 9.80. The first kappa shape index (κ1) is 25.7. The molecule has 1 heterocycles. The number of ether oxygens (including phenoxy) is 1. The zero-order chi connectivity index (χ0) is 25.4. The maximum absolute atomic E-state index is 12.9. The van der Waals surface area contributed by atoms with Crippen LogP contribution >= 0.6 is 39.1 Å². The van der Waals surface area contributed by atoms with Crippen molar-refractivity contribution in [1.29, 1.82) is 0 Å². The molecule has 0 aromatic heterocycles. The van der Waals surface area contributed by atoms with Gasteiger partial charge in [-0.2, -0.15) is 0 Å². The van der Waals surface area contributed by atoms with E-state index in [-0.39, 0.29) is 28.1 Å². The molecule has 4 atom stereocenters. The van der Waals surface area contributed by atoms with E-state index in [1.54, 1.807) is 0 Å². The van der Waals surface area contributed by atoms with Gasteiger partial charge in [0.15, 0.2) is 6.61 Å². The van der Waals surface area contributed by atoms with Gasteiger partial charge >= 0.3 is 5.97 Å². The van der Waals surface area contributed by atoms with Crippen molar-refractivity contribution in [1.82, 2.24) is 0 Å². The summed E-state index contributed by atoms with van der Waals surface area (Å²) >= 11 is 15.9. The van der Waals surface area contributed by atoms with Crippen LogP contribution < -0.4 is 10.2 Å². The number of imide groups is 1. The van der Waals surface area contributed by atoms with Crippen LogP contribution in [0, 0.1) is 25.7 Å². The van der Waals surface area contributed by atoms with Gasteiger partial charge in [0, 0.05) is 10.2 Å². The van der Waals surface area contributed by atoms with Crippen molar-refractivity contribution in [3.63, 3.8) is 0 Å². The number of carbonyl (C=O) groups is 4. The van der Waals surface area contributed by atoms with Gasteiger partial charge in [-0.05, 0) is 74.2 Å². The number of esters is 1. The van der Waals surface area contributed by atoms with E-state index in [0.717, 1.165) is 20.5 Å². The molecule has 0 unspecified atom stereocenters. The Hall–Kier alpha value is -2.42. The highest BCUT2D eigenvalue weighted by Crippen LogP contribution is 2.43. The summed E-state index contributed by atoms with van der Waals surface area (Å²) in [7, 11) is 0. The second-order valence-corrected chi connectivity index (χ2v) is 10.7. The van der Waals surface area contributed by atoms with E-state index >= 15 is 0 Å². The molecular weight excluding hydrogens is 559 g/mol. The summed E-state index contributed by atoms with van der Waals surface area (Å²) in [6, 6.07) is 9.55. The van der Waals surface area contributed by atoms with Gasteiger partial charge in [0.2, 0.25) is 11.8 Å². The molecule has 0 spiro atoms. The number of benzene rings is 2. The fourth-order valence-corrected chi connectivity index (χ4v) is 5.34. The number of nitrogens with one attached hydrogen (secondary N) is 1. The summed E-state index contributed by atoms with van der Waals surface area (Å²) in [5.41, 5.74) is 3.10. The highest BCUT2D eigenvalue weighted by Gasteiger charge is 2.52. The smallest absolute Gasteiger partial charge is 0.338 e. The molecule has 7 nitrogen and oxygen atoms in total. The fourth-order valence-electron chi connectivity index (χ4n) is 4.53. The van der Waals surface area contributed by atoms with Crippen LogP contribution in [0.5, 0.6) is 0 Å². The summed E-state index contributed by atoms with van der Waals surface area (Å²) in [6.07, 6.45) is 0.709. The topological polar surface area (TPSA) is 92.8 Å². The van der Waals surface area contributed by atoms with Gasteiger partial charge in [-0.1, -0.05) is 15.9 Å². The van der Waals surface area contributed by atoms with Gasteiger partial charge < -0.3 is 10.1 Å². The number of rotatable bonds is 5. The molecule has 1 saturated heterocycles. The molecule has 0 radical (unpaired) electrons. The van der Waals surface area contributed by atoms with E-state index in [9.17, 15) is 19.2 Å². The Labute approximate surface area is 221 Å². The Morgan fingerprint density at radius 2 is 1.51 bits per heavy atom. The largest absolute Gasteiger partial charge is 0.452 e. The molecule has 1 aliphatic heterocycles. The van der Waals surface area contributed by atoms with Gasteiger partial charge in [0.25, 0.3) is 5.91 Å². The third kappa shape index (κ3) is 5.25. The zero-order valence-electron chi connectivity index (χ0n) is 19.0. The molecule has 35 heavy (non-hydrogen) atoms. The molecule has 10 heteroatoms. The lowest BCUT2D eigenvalue weighted by Gasteiger charge is -2.28. The van der Waals surface area contributed by atoms with Crippen molar-refractivity contribution in [2.75, 3.05) is 16.8 Å². The van der Waals surface area contributed by atoms with Gasteiger partial charge in [-0.15, -0.1) is 23.2 Å². The van der Waals surface area contributed by atoms with Gasteiger partial charge in [-0.25, -0.2) is 4.79 Å². The minimum Gasteiger partial charge on any atom is -0.452 e. The normalized spacial score (nSPS) is 23.7. The maximum atomic E-state index is 12.9. The van der Waals surface area contributed by atoms with Crippen molar-refractivity contribution < 1.29 is 23.9 Å². The predicted octanol–water partition coefficient (Wildman–Crippen LogP) is 4.98. The molecular formula is C25H23BrCl2N2O5. The highest BCUT2D eigenvalue weighted by molar-refractivity contribution is 9.10. The van der Waals surface area contributed by atoms with Crippen LogP contribution in [-0.2, 0) is 19.1 Å². The molecule has 0 bridgehead atoms. The Balaban J connectivity index is 1.36. The Morgan fingerprint density at radius 1 is 1.00 bits per heavy atom. The third-order valence-electron chi connectivity index (χ3n) is 6.33. The summed E-state index contributed by atoms with van der Waals surface area (Å²) < 4.78 is 6.08. The summed E-state index contributed by atoms with van der Waals surface area (Å²) in [4.78, 5) is 51.5. The standard InChI is InChI=1S/C25H23BrCl2N2O5/c1-12-7-15(8-13(2)22(12)26)29-21(31)11-35-25(34)14-3-5-16(6-4-14)30-23(32)17-9-19(27)20(28)10-18(17)24(30)33/h3-8,17-20H,9-11H2,1-2H3,(H,29,31)/t17-,18-,19+,20+/m1/s1. The van der Waals surface area contributed by atoms with E-state index in [4.69, 9.17) is 27.9 Å². The average Bonchev–Trinajstić information content (AvgIpc) is 3.05. The number of hydrogen-bond donors (Lipinski definition) is 1. The lowest BCUT2D eigenvalue weighted by Crippen LogP contribution is -2.34. The lowest BCUT2D eigenvalue weighted by molar-refractivity contribution is -0.122. The van der Waals surface area contributed by atoms with Crippen LogP contribution in [0.4, 0.5) is 11.4 Å². The molecule has 1 N–H and O–H groups in total. The van der Waals surface area contributed by atoms with Crippen LogP contribution in [0.3, 0.4) is 0 Å². The second-order valence-electron chi connectivity index (χ2n) is 8.82. The molecule has 3 amide bonds. The quantitative estimate of drug-likeness (QED) is 0.305. The Morgan fingerprint density at radius 3 is 2.03 bits per heavy atom. The number of halogens is 3. The van der Waals surface area contributed by atoms with E-state index in [1.165, 1.54) is 24.3 Å². The Kier molecular flexibility index (Phi) is 7.54. The van der Waals surface area contributed by atoms with Crippen molar-refractivity contribution >= 4 is 74.2 Å². The van der Waals surface area contributed by atoms with Crippen molar-refractivity contribution in [3.8, 4) is 0 Å². The van der Waals surface area contributed by atoms with Crippen LogP contribution in [0.25, 0.3) is 0 Å². The molecule has 1 saturated carbocycles. The number of carbonyl (C=O) groups excluding carboxylic acids is 4. The number of alkyl halides is 2.